The van der Waals surface area contributed by atoms with Gasteiger partial charge >= 0.3 is 0 Å². The van der Waals surface area contributed by atoms with Gasteiger partial charge in [0.1, 0.15) is 5.69 Å². The monoisotopic (exact) mass is 316 g/mol. The van der Waals surface area contributed by atoms with Gasteiger partial charge in [-0.15, -0.1) is 0 Å². The average molecular weight is 316 g/mol. The first kappa shape index (κ1) is 14.9. The molecule has 1 aliphatic heterocycles. The van der Waals surface area contributed by atoms with Crippen LogP contribution in [0.5, 0.6) is 0 Å². The lowest BCUT2D eigenvalue weighted by atomic mass is 9.89. The van der Waals surface area contributed by atoms with E-state index in [0.717, 1.165) is 36.8 Å². The first-order chi connectivity index (χ1) is 11.8. The van der Waals surface area contributed by atoms with Crippen LogP contribution in [-0.2, 0) is 0 Å². The highest BCUT2D eigenvalue weighted by molar-refractivity contribution is 5.95. The Bertz CT molecular complexity index is 852. The first-order valence-electron chi connectivity index (χ1n) is 8.51. The Labute approximate surface area is 141 Å². The van der Waals surface area contributed by atoms with Gasteiger partial charge in [-0.25, -0.2) is 4.98 Å². The Morgan fingerprint density at radius 1 is 0.875 bits per heavy atom. The van der Waals surface area contributed by atoms with Crippen molar-refractivity contribution in [2.45, 2.75) is 18.8 Å². The fourth-order valence-electron chi connectivity index (χ4n) is 3.49. The third kappa shape index (κ3) is 2.90. The number of fused-ring (bicyclic) bond motifs is 1. The minimum Gasteiger partial charge on any atom is -0.337 e. The van der Waals surface area contributed by atoms with Gasteiger partial charge in [0.05, 0.1) is 5.52 Å². The lowest BCUT2D eigenvalue weighted by molar-refractivity contribution is 0.0707. The number of carbonyl (C=O) groups excluding carboxylic acids is 1. The lowest BCUT2D eigenvalue weighted by Gasteiger charge is -2.32. The molecule has 2 heterocycles. The maximum atomic E-state index is 12.8. The zero-order chi connectivity index (χ0) is 16.4. The molecule has 3 nitrogen and oxygen atoms in total. The summed E-state index contributed by atoms with van der Waals surface area (Å²) in [5.41, 5.74) is 2.81. The van der Waals surface area contributed by atoms with Crippen LogP contribution < -0.4 is 0 Å². The van der Waals surface area contributed by atoms with Gasteiger partial charge in [-0.1, -0.05) is 54.6 Å². The van der Waals surface area contributed by atoms with Crippen molar-refractivity contribution in [1.82, 2.24) is 9.88 Å². The second-order valence-corrected chi connectivity index (χ2v) is 6.37. The largest absolute Gasteiger partial charge is 0.337 e. The van der Waals surface area contributed by atoms with Crippen molar-refractivity contribution in [2.24, 2.45) is 0 Å². The van der Waals surface area contributed by atoms with Crippen LogP contribution in [0.3, 0.4) is 0 Å². The Morgan fingerprint density at radius 2 is 1.58 bits per heavy atom. The number of piperidine rings is 1. The number of benzene rings is 2. The summed E-state index contributed by atoms with van der Waals surface area (Å²) in [4.78, 5) is 19.2. The highest BCUT2D eigenvalue weighted by Crippen LogP contribution is 2.28. The van der Waals surface area contributed by atoms with E-state index in [1.54, 1.807) is 0 Å². The first-order valence-corrected chi connectivity index (χ1v) is 8.51. The van der Waals surface area contributed by atoms with Crippen LogP contribution in [0.25, 0.3) is 10.9 Å². The van der Waals surface area contributed by atoms with E-state index in [2.05, 4.69) is 29.2 Å². The molecule has 1 aromatic heterocycles. The zero-order valence-electron chi connectivity index (χ0n) is 13.6. The molecule has 4 rings (SSSR count). The number of hydrogen-bond donors (Lipinski definition) is 0. The highest BCUT2D eigenvalue weighted by Gasteiger charge is 2.25. The molecular weight excluding hydrogens is 296 g/mol. The number of rotatable bonds is 2. The number of pyridine rings is 1. The topological polar surface area (TPSA) is 33.2 Å². The highest BCUT2D eigenvalue weighted by atomic mass is 16.2. The number of hydrogen-bond acceptors (Lipinski definition) is 2. The van der Waals surface area contributed by atoms with Crippen molar-refractivity contribution in [3.8, 4) is 0 Å². The van der Waals surface area contributed by atoms with Gasteiger partial charge in [0.2, 0.25) is 0 Å². The van der Waals surface area contributed by atoms with Crippen LogP contribution >= 0.6 is 0 Å². The van der Waals surface area contributed by atoms with Gasteiger partial charge in [0, 0.05) is 18.5 Å². The molecule has 0 radical (unpaired) electrons. The maximum Gasteiger partial charge on any atom is 0.272 e. The molecule has 1 saturated heterocycles. The molecule has 3 heteroatoms. The molecule has 1 fully saturated rings. The Balaban J connectivity index is 1.47. The minimum absolute atomic E-state index is 0.0484. The summed E-state index contributed by atoms with van der Waals surface area (Å²) in [6, 6.07) is 22.3. The van der Waals surface area contributed by atoms with Crippen molar-refractivity contribution in [3.63, 3.8) is 0 Å². The molecule has 0 bridgehead atoms. The molecular formula is C21H20N2O. The van der Waals surface area contributed by atoms with E-state index in [0.29, 0.717) is 11.6 Å². The van der Waals surface area contributed by atoms with Gasteiger partial charge in [0.15, 0.2) is 0 Å². The van der Waals surface area contributed by atoms with Gasteiger partial charge in [-0.3, -0.25) is 4.79 Å². The Hall–Kier alpha value is -2.68. The van der Waals surface area contributed by atoms with Crippen molar-refractivity contribution in [1.29, 1.82) is 0 Å². The van der Waals surface area contributed by atoms with Gasteiger partial charge in [0.25, 0.3) is 5.91 Å². The number of para-hydroxylation sites is 1. The molecule has 0 aliphatic carbocycles. The number of likely N-dealkylation sites (tertiary alicyclic amines) is 1. The third-order valence-corrected chi connectivity index (χ3v) is 4.87. The van der Waals surface area contributed by atoms with E-state index in [1.807, 2.05) is 47.4 Å². The fourth-order valence-corrected chi connectivity index (χ4v) is 3.49. The van der Waals surface area contributed by atoms with E-state index in [1.165, 1.54) is 5.56 Å². The van der Waals surface area contributed by atoms with Crippen LogP contribution in [0.4, 0.5) is 0 Å². The zero-order valence-corrected chi connectivity index (χ0v) is 13.6. The summed E-state index contributed by atoms with van der Waals surface area (Å²) < 4.78 is 0. The van der Waals surface area contributed by atoms with E-state index in [-0.39, 0.29) is 5.91 Å². The predicted octanol–water partition coefficient (Wildman–Crippen LogP) is 4.25. The smallest absolute Gasteiger partial charge is 0.272 e. The molecule has 0 N–H and O–H groups in total. The van der Waals surface area contributed by atoms with Crippen LogP contribution in [-0.4, -0.2) is 28.9 Å². The maximum absolute atomic E-state index is 12.8. The molecule has 24 heavy (non-hydrogen) atoms. The van der Waals surface area contributed by atoms with Gasteiger partial charge in [-0.05, 0) is 36.5 Å². The number of amides is 1. The van der Waals surface area contributed by atoms with Crippen molar-refractivity contribution in [3.05, 3.63) is 78.0 Å². The second kappa shape index (κ2) is 6.44. The molecule has 0 saturated carbocycles. The van der Waals surface area contributed by atoms with Crippen molar-refractivity contribution < 1.29 is 4.79 Å². The number of carbonyl (C=O) groups is 1. The van der Waals surface area contributed by atoms with E-state index < -0.39 is 0 Å². The SMILES string of the molecule is O=C(c1ccc2ccccc2n1)N1CCC(c2ccccc2)CC1. The summed E-state index contributed by atoms with van der Waals surface area (Å²) in [5, 5.41) is 1.07. The van der Waals surface area contributed by atoms with Crippen molar-refractivity contribution >= 4 is 16.8 Å². The number of nitrogens with zero attached hydrogens (tertiary/aromatic N) is 2. The Morgan fingerprint density at radius 3 is 2.38 bits per heavy atom. The van der Waals surface area contributed by atoms with Crippen LogP contribution in [0.2, 0.25) is 0 Å². The third-order valence-electron chi connectivity index (χ3n) is 4.87. The standard InChI is InChI=1S/C21H20N2O/c24-21(20-11-10-18-8-4-5-9-19(18)22-20)23-14-12-17(13-15-23)16-6-2-1-3-7-16/h1-11,17H,12-15H2. The molecule has 1 amide bonds. The molecule has 0 unspecified atom stereocenters. The minimum atomic E-state index is 0.0484. The van der Waals surface area contributed by atoms with Gasteiger partial charge in [-0.2, -0.15) is 0 Å². The molecule has 120 valence electrons. The second-order valence-electron chi connectivity index (χ2n) is 6.37. The van der Waals surface area contributed by atoms with E-state index >= 15 is 0 Å². The van der Waals surface area contributed by atoms with Crippen LogP contribution in [0, 0.1) is 0 Å². The molecule has 0 spiro atoms. The molecule has 2 aromatic carbocycles. The summed E-state index contributed by atoms with van der Waals surface area (Å²) in [5.74, 6) is 0.604. The summed E-state index contributed by atoms with van der Waals surface area (Å²) in [6.45, 7) is 1.60. The fraction of sp³-hybridized carbons (Fsp3) is 0.238. The molecule has 1 aliphatic rings. The lowest BCUT2D eigenvalue weighted by Crippen LogP contribution is -2.38. The van der Waals surface area contributed by atoms with Crippen molar-refractivity contribution in [2.75, 3.05) is 13.1 Å². The average Bonchev–Trinajstić information content (AvgIpc) is 2.68. The molecule has 0 atom stereocenters. The predicted molar refractivity (Wildman–Crippen MR) is 96.1 cm³/mol. The van der Waals surface area contributed by atoms with Crippen LogP contribution in [0.15, 0.2) is 66.7 Å². The van der Waals surface area contributed by atoms with Crippen LogP contribution in [0.1, 0.15) is 34.8 Å². The Kier molecular flexibility index (Phi) is 3.99. The summed E-state index contributed by atoms with van der Waals surface area (Å²) in [6.07, 6.45) is 2.03. The quantitative estimate of drug-likeness (QED) is 0.708. The molecule has 3 aromatic rings. The summed E-state index contributed by atoms with van der Waals surface area (Å²) >= 11 is 0. The normalized spacial score (nSPS) is 15.6. The van der Waals surface area contributed by atoms with E-state index in [9.17, 15) is 4.79 Å². The summed E-state index contributed by atoms with van der Waals surface area (Å²) in [7, 11) is 0. The number of aromatic nitrogens is 1. The van der Waals surface area contributed by atoms with Gasteiger partial charge < -0.3 is 4.90 Å². The van der Waals surface area contributed by atoms with E-state index in [4.69, 9.17) is 0 Å².